The quantitative estimate of drug-likeness (QED) is 0.383. The van der Waals surface area contributed by atoms with E-state index in [9.17, 15) is 14.4 Å². The van der Waals surface area contributed by atoms with Gasteiger partial charge in [-0.25, -0.2) is 4.79 Å². The molecule has 0 aliphatic rings. The number of hydrogen-bond donors (Lipinski definition) is 1. The van der Waals surface area contributed by atoms with Gasteiger partial charge in [-0.2, -0.15) is 0 Å². The van der Waals surface area contributed by atoms with E-state index < -0.39 is 18.5 Å². The molecular formula is C23H17NO6. The Hall–Kier alpha value is -4.13. The summed E-state index contributed by atoms with van der Waals surface area (Å²) in [7, 11) is 1.50. The summed E-state index contributed by atoms with van der Waals surface area (Å²) in [6, 6.07) is 17.0. The van der Waals surface area contributed by atoms with Gasteiger partial charge >= 0.3 is 5.97 Å². The number of carbonyl (C=O) groups excluding carboxylic acids is 3. The molecular weight excluding hydrogens is 386 g/mol. The topological polar surface area (TPSA) is 94.8 Å². The van der Waals surface area contributed by atoms with Crippen molar-refractivity contribution in [2.75, 3.05) is 19.0 Å². The number of benzene rings is 3. The number of rotatable bonds is 6. The van der Waals surface area contributed by atoms with Gasteiger partial charge in [0.15, 0.2) is 6.61 Å². The molecule has 30 heavy (non-hydrogen) atoms. The first-order valence-corrected chi connectivity index (χ1v) is 9.10. The monoisotopic (exact) mass is 403 g/mol. The number of fused-ring (bicyclic) bond motifs is 3. The van der Waals surface area contributed by atoms with Crippen molar-refractivity contribution in [2.45, 2.75) is 0 Å². The van der Waals surface area contributed by atoms with E-state index in [1.165, 1.54) is 31.4 Å². The number of ether oxygens (including phenoxy) is 2. The summed E-state index contributed by atoms with van der Waals surface area (Å²) in [5.41, 5.74) is 2.42. The third-order valence-corrected chi connectivity index (χ3v) is 4.59. The van der Waals surface area contributed by atoms with Crippen LogP contribution >= 0.6 is 0 Å². The van der Waals surface area contributed by atoms with Crippen LogP contribution in [0.1, 0.15) is 20.7 Å². The van der Waals surface area contributed by atoms with E-state index in [2.05, 4.69) is 5.32 Å². The van der Waals surface area contributed by atoms with Crippen LogP contribution in [0.4, 0.5) is 5.69 Å². The van der Waals surface area contributed by atoms with Crippen LogP contribution in [-0.2, 0) is 9.53 Å². The number of anilines is 1. The second-order valence-electron chi connectivity index (χ2n) is 6.51. The summed E-state index contributed by atoms with van der Waals surface area (Å²) in [6.07, 6.45) is 0.675. The highest BCUT2D eigenvalue weighted by Crippen LogP contribution is 2.36. The van der Waals surface area contributed by atoms with Gasteiger partial charge in [-0.15, -0.1) is 0 Å². The zero-order valence-corrected chi connectivity index (χ0v) is 16.0. The molecule has 1 heterocycles. The fourth-order valence-corrected chi connectivity index (χ4v) is 3.12. The zero-order valence-electron chi connectivity index (χ0n) is 16.0. The van der Waals surface area contributed by atoms with Crippen molar-refractivity contribution in [3.63, 3.8) is 0 Å². The number of carbonyl (C=O) groups is 3. The molecule has 0 atom stereocenters. The van der Waals surface area contributed by atoms with E-state index in [-0.39, 0.29) is 5.56 Å². The average Bonchev–Trinajstić information content (AvgIpc) is 3.14. The van der Waals surface area contributed by atoms with Crippen molar-refractivity contribution < 1.29 is 28.3 Å². The van der Waals surface area contributed by atoms with Crippen LogP contribution < -0.4 is 10.1 Å². The minimum Gasteiger partial charge on any atom is -0.495 e. The normalized spacial score (nSPS) is 10.7. The van der Waals surface area contributed by atoms with Gasteiger partial charge < -0.3 is 19.2 Å². The number of furan rings is 1. The second kappa shape index (κ2) is 8.08. The Morgan fingerprint density at radius 3 is 2.50 bits per heavy atom. The molecule has 150 valence electrons. The third-order valence-electron chi connectivity index (χ3n) is 4.59. The maximum Gasteiger partial charge on any atom is 0.338 e. The lowest BCUT2D eigenvalue weighted by Crippen LogP contribution is -2.21. The van der Waals surface area contributed by atoms with Crippen LogP contribution in [0, 0.1) is 0 Å². The molecule has 0 bridgehead atoms. The van der Waals surface area contributed by atoms with Crippen molar-refractivity contribution in [2.24, 2.45) is 0 Å². The fourth-order valence-electron chi connectivity index (χ4n) is 3.12. The molecule has 0 aliphatic carbocycles. The van der Waals surface area contributed by atoms with E-state index in [0.29, 0.717) is 28.9 Å². The minimum atomic E-state index is -0.665. The Bertz CT molecular complexity index is 1260. The Labute approximate surface area is 171 Å². The van der Waals surface area contributed by atoms with E-state index >= 15 is 0 Å². The lowest BCUT2D eigenvalue weighted by atomic mass is 10.1. The summed E-state index contributed by atoms with van der Waals surface area (Å²) in [6.45, 7) is -0.477. The average molecular weight is 403 g/mol. The molecule has 1 amide bonds. The molecule has 0 saturated heterocycles. The van der Waals surface area contributed by atoms with Gasteiger partial charge in [-0.1, -0.05) is 30.3 Å². The number of hydrogen-bond acceptors (Lipinski definition) is 6. The molecule has 3 aromatic carbocycles. The van der Waals surface area contributed by atoms with Gasteiger partial charge in [0.1, 0.15) is 23.2 Å². The Balaban J connectivity index is 1.48. The number of esters is 1. The summed E-state index contributed by atoms with van der Waals surface area (Å²) in [5.74, 6) is -0.734. The molecule has 0 spiro atoms. The lowest BCUT2D eigenvalue weighted by Gasteiger charge is -2.11. The minimum absolute atomic E-state index is 0.245. The van der Waals surface area contributed by atoms with Gasteiger partial charge in [0.2, 0.25) is 0 Å². The highest BCUT2D eigenvalue weighted by Gasteiger charge is 2.15. The largest absolute Gasteiger partial charge is 0.495 e. The van der Waals surface area contributed by atoms with Crippen molar-refractivity contribution in [1.29, 1.82) is 0 Å². The molecule has 0 aliphatic heterocycles. The standard InChI is InChI=1S/C23H17NO6/c1-28-21-10-17-16-4-2-3-5-19(16)30-20(17)11-18(21)24-22(26)13-29-23(27)15-8-6-14(12-25)7-9-15/h2-12H,13H2,1H3,(H,24,26). The number of aldehydes is 1. The molecule has 1 aromatic heterocycles. The van der Waals surface area contributed by atoms with Crippen LogP contribution in [0.15, 0.2) is 65.1 Å². The van der Waals surface area contributed by atoms with Crippen LogP contribution in [0.5, 0.6) is 5.75 Å². The highest BCUT2D eigenvalue weighted by molar-refractivity contribution is 6.08. The van der Waals surface area contributed by atoms with Gasteiger partial charge in [0, 0.05) is 22.4 Å². The summed E-state index contributed by atoms with van der Waals surface area (Å²) >= 11 is 0. The predicted molar refractivity (Wildman–Crippen MR) is 111 cm³/mol. The SMILES string of the molecule is COc1cc2c(cc1NC(=O)COC(=O)c1ccc(C=O)cc1)oc1ccccc12. The second-order valence-corrected chi connectivity index (χ2v) is 6.51. The molecule has 4 rings (SSSR count). The van der Waals surface area contributed by atoms with Crippen molar-refractivity contribution in [3.8, 4) is 5.75 Å². The fraction of sp³-hybridized carbons (Fsp3) is 0.0870. The van der Waals surface area contributed by atoms with Gasteiger partial charge in [0.05, 0.1) is 18.4 Å². The molecule has 0 fully saturated rings. The van der Waals surface area contributed by atoms with E-state index in [1.54, 1.807) is 12.1 Å². The molecule has 0 saturated carbocycles. The molecule has 4 aromatic rings. The highest BCUT2D eigenvalue weighted by atomic mass is 16.5. The molecule has 0 unspecified atom stereocenters. The van der Waals surface area contributed by atoms with Crippen LogP contribution in [-0.4, -0.2) is 31.9 Å². The summed E-state index contributed by atoms with van der Waals surface area (Å²) in [4.78, 5) is 35.0. The van der Waals surface area contributed by atoms with Crippen molar-refractivity contribution in [3.05, 3.63) is 71.8 Å². The number of amides is 1. The first kappa shape index (κ1) is 19.2. The zero-order chi connectivity index (χ0) is 21.1. The van der Waals surface area contributed by atoms with Crippen LogP contribution in [0.25, 0.3) is 21.9 Å². The van der Waals surface area contributed by atoms with Crippen molar-refractivity contribution >= 4 is 45.8 Å². The number of para-hydroxylation sites is 1. The smallest absolute Gasteiger partial charge is 0.338 e. The van der Waals surface area contributed by atoms with Gasteiger partial charge in [-0.05, 0) is 24.3 Å². The van der Waals surface area contributed by atoms with E-state index in [0.717, 1.165) is 16.4 Å². The third kappa shape index (κ3) is 3.73. The van der Waals surface area contributed by atoms with Gasteiger partial charge in [0.25, 0.3) is 5.91 Å². The number of nitrogens with one attached hydrogen (secondary N) is 1. The molecule has 7 heteroatoms. The summed E-state index contributed by atoms with van der Waals surface area (Å²) < 4.78 is 16.3. The molecule has 0 radical (unpaired) electrons. The Morgan fingerprint density at radius 2 is 1.77 bits per heavy atom. The van der Waals surface area contributed by atoms with Crippen LogP contribution in [0.2, 0.25) is 0 Å². The maximum atomic E-state index is 12.3. The predicted octanol–water partition coefficient (Wildman–Crippen LogP) is 4.20. The first-order valence-electron chi connectivity index (χ1n) is 9.10. The Morgan fingerprint density at radius 1 is 1.00 bits per heavy atom. The van der Waals surface area contributed by atoms with Crippen molar-refractivity contribution in [1.82, 2.24) is 0 Å². The molecule has 1 N–H and O–H groups in total. The Kier molecular flexibility index (Phi) is 5.17. The lowest BCUT2D eigenvalue weighted by molar-refractivity contribution is -0.119. The number of methoxy groups -OCH3 is 1. The van der Waals surface area contributed by atoms with Crippen LogP contribution in [0.3, 0.4) is 0 Å². The van der Waals surface area contributed by atoms with E-state index in [4.69, 9.17) is 13.9 Å². The van der Waals surface area contributed by atoms with E-state index in [1.807, 2.05) is 24.3 Å². The maximum absolute atomic E-state index is 12.3. The summed E-state index contributed by atoms with van der Waals surface area (Å²) in [5, 5.41) is 4.48. The molecule has 7 nitrogen and oxygen atoms in total. The first-order chi connectivity index (χ1) is 14.6. The van der Waals surface area contributed by atoms with Gasteiger partial charge in [-0.3, -0.25) is 9.59 Å².